The SMILES string of the molecule is Cc1cc(Nc2ccc(C(=O)O)cc2)nc(Nc2cc(Cl)cc(Cl)c2)n1. The first-order valence-electron chi connectivity index (χ1n) is 7.58. The van der Waals surface area contributed by atoms with Gasteiger partial charge >= 0.3 is 5.97 Å². The van der Waals surface area contributed by atoms with Crippen molar-refractivity contribution in [3.8, 4) is 0 Å². The van der Waals surface area contributed by atoms with Crippen molar-refractivity contribution in [3.63, 3.8) is 0 Å². The lowest BCUT2D eigenvalue weighted by Gasteiger charge is -2.10. The molecule has 26 heavy (non-hydrogen) atoms. The van der Waals surface area contributed by atoms with Crippen molar-refractivity contribution in [1.29, 1.82) is 0 Å². The predicted molar refractivity (Wildman–Crippen MR) is 103 cm³/mol. The molecule has 3 aromatic rings. The third kappa shape index (κ3) is 4.62. The molecule has 0 spiro atoms. The third-order valence-electron chi connectivity index (χ3n) is 3.38. The summed E-state index contributed by atoms with van der Waals surface area (Å²) in [6, 6.07) is 13.2. The Hall–Kier alpha value is -2.83. The highest BCUT2D eigenvalue weighted by atomic mass is 35.5. The van der Waals surface area contributed by atoms with Gasteiger partial charge in [-0.3, -0.25) is 0 Å². The number of hydrogen-bond donors (Lipinski definition) is 3. The van der Waals surface area contributed by atoms with E-state index in [2.05, 4.69) is 20.6 Å². The van der Waals surface area contributed by atoms with Crippen LogP contribution in [0.4, 0.5) is 23.1 Å². The fourth-order valence-corrected chi connectivity index (χ4v) is 2.81. The Morgan fingerprint density at radius 1 is 0.923 bits per heavy atom. The first-order chi connectivity index (χ1) is 12.4. The second kappa shape index (κ2) is 7.59. The summed E-state index contributed by atoms with van der Waals surface area (Å²) in [7, 11) is 0. The normalized spacial score (nSPS) is 10.4. The number of rotatable bonds is 5. The first kappa shape index (κ1) is 18.0. The molecule has 0 fully saturated rings. The summed E-state index contributed by atoms with van der Waals surface area (Å²) in [5.41, 5.74) is 2.35. The van der Waals surface area contributed by atoms with Gasteiger partial charge in [0.2, 0.25) is 5.95 Å². The van der Waals surface area contributed by atoms with Gasteiger partial charge in [0.1, 0.15) is 5.82 Å². The molecule has 0 bridgehead atoms. The van der Waals surface area contributed by atoms with Crippen molar-refractivity contribution >= 4 is 52.3 Å². The van der Waals surface area contributed by atoms with E-state index in [9.17, 15) is 4.79 Å². The molecular weight excluding hydrogens is 375 g/mol. The summed E-state index contributed by atoms with van der Waals surface area (Å²) in [5, 5.41) is 16.1. The lowest BCUT2D eigenvalue weighted by atomic mass is 10.2. The number of anilines is 4. The number of halogens is 2. The molecule has 8 heteroatoms. The van der Waals surface area contributed by atoms with Crippen molar-refractivity contribution in [2.75, 3.05) is 10.6 Å². The zero-order valence-electron chi connectivity index (χ0n) is 13.6. The molecule has 0 aliphatic heterocycles. The molecule has 2 aromatic carbocycles. The molecule has 0 atom stereocenters. The molecule has 6 nitrogen and oxygen atoms in total. The van der Waals surface area contributed by atoms with Gasteiger partial charge in [-0.05, 0) is 49.4 Å². The van der Waals surface area contributed by atoms with Crippen molar-refractivity contribution < 1.29 is 9.90 Å². The summed E-state index contributed by atoms with van der Waals surface area (Å²) in [6.07, 6.45) is 0. The highest BCUT2D eigenvalue weighted by Crippen LogP contribution is 2.25. The number of aryl methyl sites for hydroxylation is 1. The van der Waals surface area contributed by atoms with Crippen LogP contribution in [0.1, 0.15) is 16.1 Å². The van der Waals surface area contributed by atoms with Crippen molar-refractivity contribution in [1.82, 2.24) is 9.97 Å². The highest BCUT2D eigenvalue weighted by molar-refractivity contribution is 6.35. The van der Waals surface area contributed by atoms with Crippen LogP contribution in [0.5, 0.6) is 0 Å². The number of nitrogens with zero attached hydrogens (tertiary/aromatic N) is 2. The molecule has 0 unspecified atom stereocenters. The second-order valence-corrected chi connectivity index (χ2v) is 6.38. The molecule has 3 rings (SSSR count). The smallest absolute Gasteiger partial charge is 0.335 e. The summed E-state index contributed by atoms with van der Waals surface area (Å²) in [6.45, 7) is 1.84. The number of carbonyl (C=O) groups is 1. The van der Waals surface area contributed by atoms with E-state index in [1.54, 1.807) is 36.4 Å². The van der Waals surface area contributed by atoms with E-state index in [0.29, 0.717) is 33.2 Å². The van der Waals surface area contributed by atoms with Crippen molar-refractivity contribution in [2.24, 2.45) is 0 Å². The lowest BCUT2D eigenvalue weighted by molar-refractivity contribution is 0.0697. The van der Waals surface area contributed by atoms with E-state index in [1.807, 2.05) is 6.92 Å². The second-order valence-electron chi connectivity index (χ2n) is 5.51. The van der Waals surface area contributed by atoms with Crippen LogP contribution in [0.2, 0.25) is 10.0 Å². The van der Waals surface area contributed by atoms with Crippen molar-refractivity contribution in [3.05, 3.63) is 69.8 Å². The lowest BCUT2D eigenvalue weighted by Crippen LogP contribution is -2.03. The van der Waals surface area contributed by atoms with Gasteiger partial charge in [0.15, 0.2) is 0 Å². The van der Waals surface area contributed by atoms with Crippen LogP contribution in [0.25, 0.3) is 0 Å². The quantitative estimate of drug-likeness (QED) is 0.551. The van der Waals surface area contributed by atoms with Crippen LogP contribution >= 0.6 is 23.2 Å². The molecule has 132 valence electrons. The van der Waals surface area contributed by atoms with Crippen molar-refractivity contribution in [2.45, 2.75) is 6.92 Å². The number of aromatic nitrogens is 2. The van der Waals surface area contributed by atoms with Gasteiger partial charge in [0, 0.05) is 33.2 Å². The highest BCUT2D eigenvalue weighted by Gasteiger charge is 2.06. The zero-order valence-corrected chi connectivity index (χ0v) is 15.1. The maximum atomic E-state index is 10.9. The Labute approximate surface area is 159 Å². The van der Waals surface area contributed by atoms with E-state index in [1.165, 1.54) is 12.1 Å². The monoisotopic (exact) mass is 388 g/mol. The number of hydrogen-bond acceptors (Lipinski definition) is 5. The Balaban J connectivity index is 1.82. The van der Waals surface area contributed by atoms with Crippen LogP contribution in [-0.2, 0) is 0 Å². The van der Waals surface area contributed by atoms with Crippen LogP contribution in [0.15, 0.2) is 48.5 Å². The molecule has 0 aliphatic carbocycles. The van der Waals surface area contributed by atoms with Crippen LogP contribution in [-0.4, -0.2) is 21.0 Å². The molecule has 1 aromatic heterocycles. The van der Waals surface area contributed by atoms with Gasteiger partial charge in [0.05, 0.1) is 5.56 Å². The molecule has 0 amide bonds. The predicted octanol–water partition coefficient (Wildman–Crippen LogP) is 5.28. The standard InChI is InChI=1S/C18H14Cl2N4O2/c1-10-6-16(22-14-4-2-11(3-5-14)17(25)26)24-18(21-10)23-15-8-12(19)7-13(20)9-15/h2-9H,1H3,(H,25,26)(H2,21,22,23,24). The fourth-order valence-electron chi connectivity index (χ4n) is 2.29. The van der Waals surface area contributed by atoms with Gasteiger partial charge < -0.3 is 15.7 Å². The molecule has 1 heterocycles. The van der Waals surface area contributed by atoms with E-state index in [4.69, 9.17) is 28.3 Å². The van der Waals surface area contributed by atoms with Gasteiger partial charge in [-0.2, -0.15) is 4.98 Å². The van der Waals surface area contributed by atoms with Gasteiger partial charge in [-0.1, -0.05) is 23.2 Å². The summed E-state index contributed by atoms with van der Waals surface area (Å²) >= 11 is 12.0. The molecule has 0 saturated carbocycles. The largest absolute Gasteiger partial charge is 0.478 e. The van der Waals surface area contributed by atoms with Crippen LogP contribution in [0.3, 0.4) is 0 Å². The summed E-state index contributed by atoms with van der Waals surface area (Å²) in [4.78, 5) is 19.7. The number of carboxylic acid groups (broad SMARTS) is 1. The topological polar surface area (TPSA) is 87.1 Å². The summed E-state index contributed by atoms with van der Waals surface area (Å²) in [5.74, 6) is -0.0229. The first-order valence-corrected chi connectivity index (χ1v) is 8.34. The molecular formula is C18H14Cl2N4O2. The minimum Gasteiger partial charge on any atom is -0.478 e. The minimum atomic E-state index is -0.971. The average Bonchev–Trinajstić information content (AvgIpc) is 2.53. The van der Waals surface area contributed by atoms with E-state index in [-0.39, 0.29) is 5.56 Å². The fraction of sp³-hybridized carbons (Fsp3) is 0.0556. The Morgan fingerprint density at radius 2 is 1.58 bits per heavy atom. The van der Waals surface area contributed by atoms with E-state index >= 15 is 0 Å². The molecule has 0 saturated heterocycles. The Bertz CT molecular complexity index is 942. The number of carboxylic acids is 1. The number of benzene rings is 2. The Kier molecular flexibility index (Phi) is 5.25. The summed E-state index contributed by atoms with van der Waals surface area (Å²) < 4.78 is 0. The van der Waals surface area contributed by atoms with Gasteiger partial charge in [0.25, 0.3) is 0 Å². The number of nitrogens with one attached hydrogen (secondary N) is 2. The van der Waals surface area contributed by atoms with Gasteiger partial charge in [-0.15, -0.1) is 0 Å². The van der Waals surface area contributed by atoms with Gasteiger partial charge in [-0.25, -0.2) is 9.78 Å². The maximum absolute atomic E-state index is 10.9. The maximum Gasteiger partial charge on any atom is 0.335 e. The molecule has 0 aliphatic rings. The van der Waals surface area contributed by atoms with Crippen LogP contribution in [0, 0.1) is 6.92 Å². The Morgan fingerprint density at radius 3 is 2.19 bits per heavy atom. The zero-order chi connectivity index (χ0) is 18.7. The molecule has 3 N–H and O–H groups in total. The van der Waals surface area contributed by atoms with Crippen LogP contribution < -0.4 is 10.6 Å². The van der Waals surface area contributed by atoms with E-state index in [0.717, 1.165) is 5.69 Å². The number of aromatic carboxylic acids is 1. The minimum absolute atomic E-state index is 0.217. The average molecular weight is 389 g/mol. The van der Waals surface area contributed by atoms with E-state index < -0.39 is 5.97 Å². The molecule has 0 radical (unpaired) electrons. The third-order valence-corrected chi connectivity index (χ3v) is 3.81.